The predicted octanol–water partition coefficient (Wildman–Crippen LogP) is 3.23. The van der Waals surface area contributed by atoms with E-state index >= 15 is 0 Å². The standard InChI is InChI=1S/C13H17BrN2/c14-12-6-11(8-15-9-12)10-2-4-13(7-10)3-1-5-16-13/h6,8-10,16H,1-5,7H2. The summed E-state index contributed by atoms with van der Waals surface area (Å²) >= 11 is 3.51. The Balaban J connectivity index is 1.78. The maximum atomic E-state index is 4.28. The molecular formula is C13H17BrN2. The first-order chi connectivity index (χ1) is 7.77. The molecule has 86 valence electrons. The lowest BCUT2D eigenvalue weighted by Gasteiger charge is -2.23. The van der Waals surface area contributed by atoms with Crippen molar-refractivity contribution in [3.05, 3.63) is 28.5 Å². The van der Waals surface area contributed by atoms with Gasteiger partial charge in [0.2, 0.25) is 0 Å². The molecule has 1 aliphatic heterocycles. The van der Waals surface area contributed by atoms with E-state index in [1.165, 1.54) is 44.2 Å². The summed E-state index contributed by atoms with van der Waals surface area (Å²) < 4.78 is 1.10. The Labute approximate surface area is 105 Å². The second-order valence-corrected chi connectivity index (χ2v) is 6.10. The van der Waals surface area contributed by atoms with Gasteiger partial charge >= 0.3 is 0 Å². The molecule has 16 heavy (non-hydrogen) atoms. The Kier molecular flexibility index (Phi) is 2.76. The molecular weight excluding hydrogens is 264 g/mol. The number of hydrogen-bond donors (Lipinski definition) is 1. The van der Waals surface area contributed by atoms with Crippen LogP contribution in [0.3, 0.4) is 0 Å². The highest BCUT2D eigenvalue weighted by atomic mass is 79.9. The molecule has 1 aromatic heterocycles. The summed E-state index contributed by atoms with van der Waals surface area (Å²) in [6.07, 6.45) is 10.6. The highest BCUT2D eigenvalue weighted by Gasteiger charge is 2.41. The normalized spacial score (nSPS) is 33.7. The Morgan fingerprint density at radius 2 is 2.31 bits per heavy atom. The first-order valence-electron chi connectivity index (χ1n) is 6.13. The van der Waals surface area contributed by atoms with Gasteiger partial charge in [0, 0.05) is 22.4 Å². The van der Waals surface area contributed by atoms with Gasteiger partial charge in [-0.15, -0.1) is 0 Å². The molecule has 2 atom stereocenters. The Bertz CT molecular complexity index is 385. The number of aromatic nitrogens is 1. The summed E-state index contributed by atoms with van der Waals surface area (Å²) in [6.45, 7) is 1.21. The van der Waals surface area contributed by atoms with Crippen molar-refractivity contribution in [1.29, 1.82) is 0 Å². The third-order valence-corrected chi connectivity index (χ3v) is 4.57. The van der Waals surface area contributed by atoms with E-state index in [4.69, 9.17) is 0 Å². The Hall–Kier alpha value is -0.410. The van der Waals surface area contributed by atoms with Gasteiger partial charge in [0.25, 0.3) is 0 Å². The second-order valence-electron chi connectivity index (χ2n) is 5.19. The van der Waals surface area contributed by atoms with Gasteiger partial charge in [-0.05, 0) is 72.1 Å². The van der Waals surface area contributed by atoms with Crippen molar-refractivity contribution < 1.29 is 0 Å². The molecule has 0 amide bonds. The molecule has 2 fully saturated rings. The minimum atomic E-state index is 0.465. The van der Waals surface area contributed by atoms with E-state index in [0.29, 0.717) is 11.5 Å². The molecule has 1 aliphatic carbocycles. The molecule has 1 spiro atoms. The van der Waals surface area contributed by atoms with Crippen LogP contribution in [-0.2, 0) is 0 Å². The van der Waals surface area contributed by atoms with Gasteiger partial charge in [-0.25, -0.2) is 0 Å². The maximum Gasteiger partial charge on any atom is 0.0410 e. The molecule has 1 saturated carbocycles. The zero-order valence-corrected chi connectivity index (χ0v) is 11.0. The number of nitrogens with zero attached hydrogens (tertiary/aromatic N) is 1. The smallest absolute Gasteiger partial charge is 0.0410 e. The fourth-order valence-electron chi connectivity index (χ4n) is 3.32. The van der Waals surface area contributed by atoms with Crippen molar-refractivity contribution in [3.63, 3.8) is 0 Å². The fraction of sp³-hybridized carbons (Fsp3) is 0.615. The zero-order valence-electron chi connectivity index (χ0n) is 9.38. The SMILES string of the molecule is Brc1cncc(C2CCC3(CCCN3)C2)c1. The average molecular weight is 281 g/mol. The lowest BCUT2D eigenvalue weighted by atomic mass is 9.92. The van der Waals surface area contributed by atoms with Gasteiger partial charge in [-0.1, -0.05) is 0 Å². The van der Waals surface area contributed by atoms with Crippen molar-refractivity contribution in [2.24, 2.45) is 0 Å². The summed E-state index contributed by atoms with van der Waals surface area (Å²) in [6, 6.07) is 2.23. The van der Waals surface area contributed by atoms with Crippen LogP contribution >= 0.6 is 15.9 Å². The van der Waals surface area contributed by atoms with E-state index in [0.717, 1.165) is 4.47 Å². The number of pyridine rings is 1. The Morgan fingerprint density at radius 1 is 1.38 bits per heavy atom. The van der Waals surface area contributed by atoms with Crippen LogP contribution < -0.4 is 5.32 Å². The summed E-state index contributed by atoms with van der Waals surface area (Å²) in [5.74, 6) is 0.704. The molecule has 1 aromatic rings. The van der Waals surface area contributed by atoms with Gasteiger partial charge in [-0.3, -0.25) is 4.98 Å². The van der Waals surface area contributed by atoms with Crippen LogP contribution in [0.2, 0.25) is 0 Å². The third-order valence-electron chi connectivity index (χ3n) is 4.14. The lowest BCUT2D eigenvalue weighted by Crippen LogP contribution is -2.36. The van der Waals surface area contributed by atoms with E-state index in [1.807, 2.05) is 12.4 Å². The summed E-state index contributed by atoms with van der Waals surface area (Å²) in [5.41, 5.74) is 1.87. The van der Waals surface area contributed by atoms with Crippen LogP contribution in [0.4, 0.5) is 0 Å². The van der Waals surface area contributed by atoms with Crippen LogP contribution in [0.15, 0.2) is 22.9 Å². The van der Waals surface area contributed by atoms with Crippen molar-refractivity contribution >= 4 is 15.9 Å². The first-order valence-corrected chi connectivity index (χ1v) is 6.92. The molecule has 2 unspecified atom stereocenters. The van der Waals surface area contributed by atoms with Crippen molar-refractivity contribution in [1.82, 2.24) is 10.3 Å². The van der Waals surface area contributed by atoms with Crippen molar-refractivity contribution in [2.45, 2.75) is 43.6 Å². The Morgan fingerprint density at radius 3 is 3.06 bits per heavy atom. The van der Waals surface area contributed by atoms with E-state index in [-0.39, 0.29) is 0 Å². The minimum Gasteiger partial charge on any atom is -0.311 e. The minimum absolute atomic E-state index is 0.465. The van der Waals surface area contributed by atoms with Crippen molar-refractivity contribution in [3.8, 4) is 0 Å². The first kappa shape index (κ1) is 10.7. The second kappa shape index (κ2) is 4.11. The lowest BCUT2D eigenvalue weighted by molar-refractivity contribution is 0.383. The largest absolute Gasteiger partial charge is 0.311 e. The molecule has 2 heterocycles. The monoisotopic (exact) mass is 280 g/mol. The average Bonchev–Trinajstić information content (AvgIpc) is 2.90. The summed E-state index contributed by atoms with van der Waals surface area (Å²) in [7, 11) is 0. The molecule has 0 bridgehead atoms. The van der Waals surface area contributed by atoms with Crippen LogP contribution in [-0.4, -0.2) is 17.1 Å². The van der Waals surface area contributed by atoms with Crippen LogP contribution in [0, 0.1) is 0 Å². The number of nitrogens with one attached hydrogen (secondary N) is 1. The van der Waals surface area contributed by atoms with E-state index < -0.39 is 0 Å². The third kappa shape index (κ3) is 1.91. The molecule has 2 nitrogen and oxygen atoms in total. The van der Waals surface area contributed by atoms with Crippen LogP contribution in [0.25, 0.3) is 0 Å². The molecule has 3 rings (SSSR count). The molecule has 1 N–H and O–H groups in total. The molecule has 1 saturated heterocycles. The van der Waals surface area contributed by atoms with Gasteiger partial charge in [0.15, 0.2) is 0 Å². The molecule has 3 heteroatoms. The van der Waals surface area contributed by atoms with Gasteiger partial charge in [0.1, 0.15) is 0 Å². The number of rotatable bonds is 1. The van der Waals surface area contributed by atoms with E-state index in [9.17, 15) is 0 Å². The molecule has 0 radical (unpaired) electrons. The fourth-order valence-corrected chi connectivity index (χ4v) is 3.70. The number of halogens is 1. The highest BCUT2D eigenvalue weighted by Crippen LogP contribution is 2.45. The van der Waals surface area contributed by atoms with Gasteiger partial charge in [-0.2, -0.15) is 0 Å². The maximum absolute atomic E-state index is 4.28. The van der Waals surface area contributed by atoms with Crippen LogP contribution in [0.5, 0.6) is 0 Å². The van der Waals surface area contributed by atoms with Gasteiger partial charge < -0.3 is 5.32 Å². The molecule has 0 aromatic carbocycles. The summed E-state index contributed by atoms with van der Waals surface area (Å²) in [4.78, 5) is 4.28. The van der Waals surface area contributed by atoms with E-state index in [2.05, 4.69) is 32.3 Å². The van der Waals surface area contributed by atoms with Gasteiger partial charge in [0.05, 0.1) is 0 Å². The predicted molar refractivity (Wildman–Crippen MR) is 68.5 cm³/mol. The molecule has 2 aliphatic rings. The number of hydrogen-bond acceptors (Lipinski definition) is 2. The van der Waals surface area contributed by atoms with Crippen molar-refractivity contribution in [2.75, 3.05) is 6.54 Å². The summed E-state index contributed by atoms with van der Waals surface area (Å²) in [5, 5.41) is 3.71. The van der Waals surface area contributed by atoms with E-state index in [1.54, 1.807) is 0 Å². The highest BCUT2D eigenvalue weighted by molar-refractivity contribution is 9.10. The topological polar surface area (TPSA) is 24.9 Å². The van der Waals surface area contributed by atoms with Crippen LogP contribution in [0.1, 0.15) is 43.6 Å². The quantitative estimate of drug-likeness (QED) is 0.854. The zero-order chi connectivity index (χ0) is 11.0.